The summed E-state index contributed by atoms with van der Waals surface area (Å²) in [6.07, 6.45) is 2.64. The molecule has 0 spiro atoms. The number of non-ortho nitro benzene ring substituents is 1. The molecular formula is C28H42AuBClN3O12PS+. The van der Waals surface area contributed by atoms with Crippen LogP contribution in [0, 0.1) is 31.5 Å². The maximum Gasteiger partial charge on any atom is 1.00 e. The minimum Gasteiger partial charge on any atom is -0.786 e. The van der Waals surface area contributed by atoms with Crippen LogP contribution in [0.15, 0.2) is 18.2 Å². The Hall–Kier alpha value is -2.55. The number of hydrogen-bond donors (Lipinski definition) is 1. The molecule has 0 heterocycles. The first-order valence-electron chi connectivity index (χ1n) is 14.7. The van der Waals surface area contributed by atoms with Crippen molar-refractivity contribution in [3.8, 4) is 0 Å². The summed E-state index contributed by atoms with van der Waals surface area (Å²) in [5, 5.41) is 22.5. The fourth-order valence-corrected chi connectivity index (χ4v) is 6.28. The van der Waals surface area contributed by atoms with Crippen LogP contribution < -0.4 is 0 Å². The van der Waals surface area contributed by atoms with Crippen molar-refractivity contribution in [2.45, 2.75) is 78.4 Å². The Labute approximate surface area is 310 Å². The quantitative estimate of drug-likeness (QED) is 0.0503. The molecule has 20 heteroatoms. The molecule has 0 saturated heterocycles. The topological polar surface area (TPSA) is 215 Å². The summed E-state index contributed by atoms with van der Waals surface area (Å²) in [5.41, 5.74) is -0.813. The molecule has 1 N–H and O–H groups in total. The molecule has 0 bridgehead atoms. The molecule has 15 nitrogen and oxygen atoms in total. The second kappa shape index (κ2) is 27.3. The fraction of sp³-hybridized carbons (Fsp3) is 0.607. The van der Waals surface area contributed by atoms with E-state index in [1.807, 2.05) is 0 Å². The van der Waals surface area contributed by atoms with E-state index in [2.05, 4.69) is 34.0 Å². The number of nitrogens with one attached hydrogen (secondary N) is 1. The smallest absolute Gasteiger partial charge is 0.786 e. The maximum absolute atomic E-state index is 11.4. The van der Waals surface area contributed by atoms with Crippen LogP contribution in [0.2, 0.25) is 6.43 Å². The van der Waals surface area contributed by atoms with Crippen LogP contribution in [0.25, 0.3) is 0 Å². The molecule has 0 aromatic heterocycles. The van der Waals surface area contributed by atoms with Gasteiger partial charge in [0.05, 0.1) is 41.0 Å². The molecule has 1 aliphatic carbocycles. The Morgan fingerprint density at radius 1 is 0.958 bits per heavy atom. The SMILES string of the molecule is CC(=O)OC[C@H]1C[C@@H]([S-])[C@H](OC(C)=O)[C@@H](OC(C)=O)[C@@H]1OC(C)=O.CC[PH+](CC)CC.O=[N+]([O-])c1ccc(Cl)c([N+](=O)[O-])c1.[2H]N=C[B].[Au+]. The maximum atomic E-state index is 11.4. The van der Waals surface area contributed by atoms with Crippen molar-refractivity contribution in [1.82, 2.24) is 0 Å². The molecule has 0 unspecified atom stereocenters. The monoisotopic (exact) mass is 919 g/mol. The molecule has 1 aliphatic rings. The van der Waals surface area contributed by atoms with Gasteiger partial charge < -0.3 is 37.0 Å². The average Bonchev–Trinajstić information content (AvgIpc) is 3.00. The van der Waals surface area contributed by atoms with E-state index in [0.29, 0.717) is 0 Å². The van der Waals surface area contributed by atoms with E-state index < -0.39 is 68.9 Å². The van der Waals surface area contributed by atoms with Gasteiger partial charge in [0.25, 0.3) is 11.4 Å². The van der Waals surface area contributed by atoms with Gasteiger partial charge in [0.15, 0.2) is 7.52 Å². The zero-order valence-electron chi connectivity index (χ0n) is 28.6. The summed E-state index contributed by atoms with van der Waals surface area (Å²) in [7, 11) is 4.69. The van der Waals surface area contributed by atoms with E-state index in [1.165, 1.54) is 46.2 Å². The van der Waals surface area contributed by atoms with Crippen LogP contribution in [0.4, 0.5) is 11.4 Å². The van der Waals surface area contributed by atoms with Gasteiger partial charge in [-0.25, -0.2) is 0 Å². The minimum atomic E-state index is -1.06. The number of benzene rings is 1. The summed E-state index contributed by atoms with van der Waals surface area (Å²) < 4.78 is 26.6. The van der Waals surface area contributed by atoms with E-state index in [1.54, 1.807) is 0 Å². The third-order valence-corrected chi connectivity index (χ3v) is 10.0. The van der Waals surface area contributed by atoms with Gasteiger partial charge in [0.1, 0.15) is 25.1 Å². The second-order valence-electron chi connectivity index (χ2n) is 9.67. The Kier molecular flexibility index (Phi) is 27.0. The minimum absolute atomic E-state index is 0. The van der Waals surface area contributed by atoms with Crippen molar-refractivity contribution in [3.05, 3.63) is 43.5 Å². The largest absolute Gasteiger partial charge is 1.00 e. The Morgan fingerprint density at radius 3 is 1.77 bits per heavy atom. The summed E-state index contributed by atoms with van der Waals surface area (Å²) in [5.74, 6) is -2.80. The zero-order valence-corrected chi connectivity index (χ0v) is 32.4. The van der Waals surface area contributed by atoms with Crippen molar-refractivity contribution in [2.24, 2.45) is 5.92 Å². The van der Waals surface area contributed by atoms with E-state index in [9.17, 15) is 39.4 Å². The molecule has 2 rings (SSSR count). The Morgan fingerprint density at radius 2 is 1.42 bits per heavy atom. The molecule has 0 amide bonds. The molecular weight excluding hydrogens is 877 g/mol. The van der Waals surface area contributed by atoms with Gasteiger partial charge in [-0.2, -0.15) is 0 Å². The van der Waals surface area contributed by atoms with Crippen LogP contribution in [-0.4, -0.2) is 96.3 Å². The first-order valence-corrected chi connectivity index (χ1v) is 17.3. The van der Waals surface area contributed by atoms with Crippen molar-refractivity contribution in [2.75, 3.05) is 25.1 Å². The molecule has 1 aromatic rings. The molecule has 0 aliphatic heterocycles. The number of esters is 4. The number of carbonyl (C=O) groups is 4. The number of ether oxygens (including phenoxy) is 4. The van der Waals surface area contributed by atoms with Gasteiger partial charge in [-0.3, -0.25) is 39.4 Å². The normalized spacial score (nSPS) is 19.5. The Bertz CT molecular complexity index is 1250. The third kappa shape index (κ3) is 20.7. The third-order valence-electron chi connectivity index (χ3n) is 6.26. The van der Waals surface area contributed by atoms with Crippen molar-refractivity contribution in [1.29, 1.82) is 5.40 Å². The number of carbonyl (C=O) groups excluding carboxylic acids is 4. The number of nitrogens with zero attached hydrogens (tertiary/aromatic N) is 2. The summed E-state index contributed by atoms with van der Waals surface area (Å²) in [4.78, 5) is 64.3. The van der Waals surface area contributed by atoms with Crippen molar-refractivity contribution in [3.63, 3.8) is 0 Å². The van der Waals surface area contributed by atoms with E-state index in [4.69, 9.17) is 44.6 Å². The molecule has 5 atom stereocenters. The predicted octanol–water partition coefficient (Wildman–Crippen LogP) is 4.46. The average molecular weight is 920 g/mol. The molecule has 48 heavy (non-hydrogen) atoms. The molecule has 272 valence electrons. The standard InChI is InChI=1S/C15H22O8S.C6H3ClN2O4.C6H15P.CH2BN.Au/c1-7(16)20-6-11-5-12(24)14(22-9(3)18)15(23-10(4)19)13(11)21-8(2)17;7-5-2-1-4(8(10)11)3-6(5)9(12)13;1-4-7(5-2)6-3;2-1-3;/h11-15,24H,5-6H2,1-4H3;1-3H;4-6H2,1-3H3;1,3H;/q;;;;+1/t11-,12-,13-,14+,15+;;;;/m1..../s1/i/hD. The van der Waals surface area contributed by atoms with Gasteiger partial charge in [0.2, 0.25) is 0 Å². The van der Waals surface area contributed by atoms with Crippen LogP contribution in [0.1, 0.15) is 54.9 Å². The molecule has 2 radical (unpaired) electrons. The first kappa shape index (κ1) is 47.6. The number of nitro groups is 2. The van der Waals surface area contributed by atoms with Crippen LogP contribution in [-0.2, 0) is 73.1 Å². The summed E-state index contributed by atoms with van der Waals surface area (Å²) in [6, 6.07) is 3.05. The van der Waals surface area contributed by atoms with E-state index in [0.717, 1.165) is 24.3 Å². The van der Waals surface area contributed by atoms with Gasteiger partial charge in [-0.05, 0) is 34.8 Å². The predicted molar refractivity (Wildman–Crippen MR) is 182 cm³/mol. The van der Waals surface area contributed by atoms with E-state index >= 15 is 0 Å². The Balaban J connectivity index is -0.000000704. The van der Waals surface area contributed by atoms with Crippen molar-refractivity contribution >= 4 is 81.4 Å². The second-order valence-corrected chi connectivity index (χ2v) is 14.3. The van der Waals surface area contributed by atoms with Crippen molar-refractivity contribution < 1.29 is 71.8 Å². The first-order chi connectivity index (χ1) is 22.4. The molecule has 1 saturated carbocycles. The zero-order chi connectivity index (χ0) is 37.6. The molecule has 1 aromatic carbocycles. The molecule has 1 fully saturated rings. The van der Waals surface area contributed by atoms with Crippen LogP contribution >= 0.6 is 19.5 Å². The van der Waals surface area contributed by atoms with Gasteiger partial charge in [-0.15, -0.1) is 5.25 Å². The summed E-state index contributed by atoms with van der Waals surface area (Å²) >= 11 is 10.8. The van der Waals surface area contributed by atoms with Crippen LogP contribution in [0.3, 0.4) is 0 Å². The number of hydrogen-bond acceptors (Lipinski definition) is 14. The van der Waals surface area contributed by atoms with Crippen LogP contribution in [0.5, 0.6) is 0 Å². The van der Waals surface area contributed by atoms with Gasteiger partial charge in [0, 0.05) is 39.7 Å². The van der Waals surface area contributed by atoms with Gasteiger partial charge in [-0.1, -0.05) is 24.1 Å². The van der Waals surface area contributed by atoms with Gasteiger partial charge >= 0.3 is 46.3 Å². The number of nitro benzene ring substituents is 2. The van der Waals surface area contributed by atoms with E-state index in [-0.39, 0.29) is 54.0 Å². The fourth-order valence-electron chi connectivity index (χ4n) is 4.14. The number of rotatable bonds is 10. The summed E-state index contributed by atoms with van der Waals surface area (Å²) in [6.45, 7) is 11.7. The number of halogens is 1.